The Morgan fingerprint density at radius 1 is 1.18 bits per heavy atom. The maximum atomic E-state index is 13.0. The summed E-state index contributed by atoms with van der Waals surface area (Å²) in [6, 6.07) is 11.8. The van der Waals surface area contributed by atoms with Crippen LogP contribution in [0.4, 0.5) is 0 Å². The molecule has 7 nitrogen and oxygen atoms in total. The van der Waals surface area contributed by atoms with Crippen LogP contribution in [0.3, 0.4) is 0 Å². The van der Waals surface area contributed by atoms with Gasteiger partial charge in [0.05, 0.1) is 39.2 Å². The fraction of sp³-hybridized carbons (Fsp3) is 0.333. The van der Waals surface area contributed by atoms with Crippen LogP contribution in [0.1, 0.15) is 35.9 Å². The summed E-state index contributed by atoms with van der Waals surface area (Å²) in [5, 5.41) is 12.2. The van der Waals surface area contributed by atoms with Gasteiger partial charge in [-0.2, -0.15) is 0 Å². The van der Waals surface area contributed by atoms with Crippen molar-refractivity contribution in [1.29, 1.82) is 0 Å². The first-order valence-corrected chi connectivity index (χ1v) is 8.99. The maximum absolute atomic E-state index is 13.0. The Morgan fingerprint density at radius 2 is 1.93 bits per heavy atom. The van der Waals surface area contributed by atoms with Crippen molar-refractivity contribution in [2.75, 3.05) is 20.8 Å². The van der Waals surface area contributed by atoms with Crippen molar-refractivity contribution < 1.29 is 28.9 Å². The number of carbonyl (C=O) groups is 2. The monoisotopic (exact) mass is 385 g/mol. The minimum atomic E-state index is -1.01. The summed E-state index contributed by atoms with van der Waals surface area (Å²) in [6.07, 6.45) is 0.292. The first-order valence-electron chi connectivity index (χ1n) is 8.99. The number of rotatable bonds is 7. The van der Waals surface area contributed by atoms with Crippen LogP contribution in [0.15, 0.2) is 42.5 Å². The first-order chi connectivity index (χ1) is 13.5. The molecular formula is C21H23NO6. The van der Waals surface area contributed by atoms with Crippen LogP contribution in [0.25, 0.3) is 0 Å². The number of amides is 1. The second-order valence-electron chi connectivity index (χ2n) is 6.50. The number of ether oxygens (including phenoxy) is 3. The van der Waals surface area contributed by atoms with Crippen LogP contribution >= 0.6 is 0 Å². The lowest BCUT2D eigenvalue weighted by atomic mass is 9.91. The fourth-order valence-electron chi connectivity index (χ4n) is 3.38. The van der Waals surface area contributed by atoms with Gasteiger partial charge < -0.3 is 24.6 Å². The molecule has 0 aromatic heterocycles. The normalized spacial score (nSPS) is 16.3. The van der Waals surface area contributed by atoms with Gasteiger partial charge in [0.2, 0.25) is 5.91 Å². The second kappa shape index (κ2) is 8.65. The fourth-order valence-corrected chi connectivity index (χ4v) is 3.38. The highest BCUT2D eigenvalue weighted by Crippen LogP contribution is 2.35. The molecule has 7 heteroatoms. The van der Waals surface area contributed by atoms with E-state index < -0.39 is 12.0 Å². The predicted octanol–water partition coefficient (Wildman–Crippen LogP) is 2.90. The molecule has 1 aliphatic rings. The molecule has 2 atom stereocenters. The minimum absolute atomic E-state index is 0.225. The van der Waals surface area contributed by atoms with E-state index in [-0.39, 0.29) is 18.2 Å². The Hall–Kier alpha value is -3.22. The number of benzene rings is 2. The Morgan fingerprint density at radius 3 is 2.64 bits per heavy atom. The highest BCUT2D eigenvalue weighted by Gasteiger charge is 2.30. The van der Waals surface area contributed by atoms with Gasteiger partial charge >= 0.3 is 5.97 Å². The molecule has 2 aromatic carbocycles. The summed E-state index contributed by atoms with van der Waals surface area (Å²) in [7, 11) is 3.03. The highest BCUT2D eigenvalue weighted by molar-refractivity contribution is 5.85. The van der Waals surface area contributed by atoms with E-state index in [0.29, 0.717) is 35.8 Å². The van der Waals surface area contributed by atoms with Gasteiger partial charge in [-0.3, -0.25) is 9.59 Å². The first kappa shape index (κ1) is 19.5. The average molecular weight is 385 g/mol. The standard InChI is InChI=1S/C21H23NO6/c1-26-18-8-7-13(11-19(18)27-2)16(12-20(23)24)22-21(25)15-9-10-28-17-6-4-3-5-14(15)17/h3-8,11,15-16H,9-10,12H2,1-2H3,(H,22,25)(H,23,24). The lowest BCUT2D eigenvalue weighted by Crippen LogP contribution is -2.36. The summed E-state index contributed by atoms with van der Waals surface area (Å²) in [4.78, 5) is 24.4. The molecule has 0 saturated heterocycles. The second-order valence-corrected chi connectivity index (χ2v) is 6.50. The number of carbonyl (C=O) groups excluding carboxylic acids is 1. The van der Waals surface area contributed by atoms with Crippen LogP contribution in [-0.4, -0.2) is 37.8 Å². The number of hydrogen-bond acceptors (Lipinski definition) is 5. The van der Waals surface area contributed by atoms with E-state index >= 15 is 0 Å². The number of para-hydroxylation sites is 1. The predicted molar refractivity (Wildman–Crippen MR) is 102 cm³/mol. The maximum Gasteiger partial charge on any atom is 0.305 e. The summed E-state index contributed by atoms with van der Waals surface area (Å²) in [6.45, 7) is 0.440. The van der Waals surface area contributed by atoms with Crippen LogP contribution in [0, 0.1) is 0 Å². The Bertz CT molecular complexity index is 866. The van der Waals surface area contributed by atoms with E-state index in [9.17, 15) is 14.7 Å². The molecule has 0 radical (unpaired) electrons. The van der Waals surface area contributed by atoms with Crippen molar-refractivity contribution in [3.63, 3.8) is 0 Å². The lowest BCUT2D eigenvalue weighted by molar-refractivity contribution is -0.137. The highest BCUT2D eigenvalue weighted by atomic mass is 16.5. The third-order valence-electron chi connectivity index (χ3n) is 4.78. The third kappa shape index (κ3) is 4.19. The number of methoxy groups -OCH3 is 2. The summed E-state index contributed by atoms with van der Waals surface area (Å²) in [5.74, 6) is 0.0755. The van der Waals surface area contributed by atoms with E-state index in [1.54, 1.807) is 18.2 Å². The van der Waals surface area contributed by atoms with E-state index in [0.717, 1.165) is 5.56 Å². The molecule has 1 aliphatic heterocycles. The molecule has 148 valence electrons. The van der Waals surface area contributed by atoms with E-state index in [1.165, 1.54) is 14.2 Å². The summed E-state index contributed by atoms with van der Waals surface area (Å²) in [5.41, 5.74) is 1.45. The quantitative estimate of drug-likeness (QED) is 0.761. The lowest BCUT2D eigenvalue weighted by Gasteiger charge is -2.27. The van der Waals surface area contributed by atoms with Crippen LogP contribution in [-0.2, 0) is 9.59 Å². The van der Waals surface area contributed by atoms with Crippen molar-refractivity contribution in [2.45, 2.75) is 24.8 Å². The van der Waals surface area contributed by atoms with Crippen molar-refractivity contribution in [3.8, 4) is 17.2 Å². The van der Waals surface area contributed by atoms with Crippen LogP contribution < -0.4 is 19.5 Å². The zero-order valence-corrected chi connectivity index (χ0v) is 15.8. The smallest absolute Gasteiger partial charge is 0.305 e. The van der Waals surface area contributed by atoms with Crippen molar-refractivity contribution in [3.05, 3.63) is 53.6 Å². The molecule has 0 saturated carbocycles. The molecule has 2 N–H and O–H groups in total. The van der Waals surface area contributed by atoms with Gasteiger partial charge in [-0.1, -0.05) is 24.3 Å². The average Bonchev–Trinajstić information content (AvgIpc) is 2.71. The molecular weight excluding hydrogens is 362 g/mol. The number of nitrogens with one attached hydrogen (secondary N) is 1. The van der Waals surface area contributed by atoms with E-state index in [4.69, 9.17) is 14.2 Å². The van der Waals surface area contributed by atoms with Crippen molar-refractivity contribution in [2.24, 2.45) is 0 Å². The molecule has 0 fully saturated rings. The molecule has 0 spiro atoms. The number of fused-ring (bicyclic) bond motifs is 1. The zero-order chi connectivity index (χ0) is 20.1. The number of carboxylic acids is 1. The molecule has 2 aromatic rings. The van der Waals surface area contributed by atoms with Gasteiger partial charge in [-0.25, -0.2) is 0 Å². The van der Waals surface area contributed by atoms with Gasteiger partial charge in [0.25, 0.3) is 0 Å². The molecule has 1 amide bonds. The van der Waals surface area contributed by atoms with Gasteiger partial charge in [0.15, 0.2) is 11.5 Å². The van der Waals surface area contributed by atoms with E-state index in [1.807, 2.05) is 24.3 Å². The number of aliphatic carboxylic acids is 1. The van der Waals surface area contributed by atoms with Crippen molar-refractivity contribution >= 4 is 11.9 Å². The van der Waals surface area contributed by atoms with Crippen LogP contribution in [0.2, 0.25) is 0 Å². The Balaban J connectivity index is 1.86. The van der Waals surface area contributed by atoms with Gasteiger partial charge in [0, 0.05) is 5.56 Å². The van der Waals surface area contributed by atoms with Crippen LogP contribution in [0.5, 0.6) is 17.2 Å². The number of carboxylic acid groups (broad SMARTS) is 1. The molecule has 0 aliphatic carbocycles. The zero-order valence-electron chi connectivity index (χ0n) is 15.8. The van der Waals surface area contributed by atoms with Gasteiger partial charge in [0.1, 0.15) is 5.75 Å². The Kier molecular flexibility index (Phi) is 6.03. The molecule has 2 unspecified atom stereocenters. The van der Waals surface area contributed by atoms with E-state index in [2.05, 4.69) is 5.32 Å². The number of hydrogen-bond donors (Lipinski definition) is 2. The largest absolute Gasteiger partial charge is 0.493 e. The Labute approximate surface area is 163 Å². The SMILES string of the molecule is COc1ccc(C(CC(=O)O)NC(=O)C2CCOc3ccccc32)cc1OC. The topological polar surface area (TPSA) is 94.1 Å². The van der Waals surface area contributed by atoms with Crippen molar-refractivity contribution in [1.82, 2.24) is 5.32 Å². The molecule has 28 heavy (non-hydrogen) atoms. The minimum Gasteiger partial charge on any atom is -0.493 e. The summed E-state index contributed by atoms with van der Waals surface area (Å²) < 4.78 is 16.1. The molecule has 0 bridgehead atoms. The molecule has 3 rings (SSSR count). The third-order valence-corrected chi connectivity index (χ3v) is 4.78. The van der Waals surface area contributed by atoms with Gasteiger partial charge in [-0.15, -0.1) is 0 Å². The molecule has 1 heterocycles. The summed E-state index contributed by atoms with van der Waals surface area (Å²) >= 11 is 0. The van der Waals surface area contributed by atoms with Gasteiger partial charge in [-0.05, 0) is 30.2 Å².